The molecule has 3 rings (SSSR count). The second-order valence-corrected chi connectivity index (χ2v) is 6.28. The van der Waals surface area contributed by atoms with Crippen LogP contribution >= 0.6 is 0 Å². The highest BCUT2D eigenvalue weighted by Gasteiger charge is 2.21. The third-order valence-corrected chi connectivity index (χ3v) is 4.69. The fourth-order valence-electron chi connectivity index (χ4n) is 3.12. The molecule has 1 aliphatic rings. The van der Waals surface area contributed by atoms with Gasteiger partial charge in [0.25, 0.3) is 0 Å². The third kappa shape index (κ3) is 3.29. The smallest absolute Gasteiger partial charge is 0.222 e. The Morgan fingerprint density at radius 3 is 2.90 bits per heavy atom. The molecule has 1 heterocycles. The van der Waals surface area contributed by atoms with Crippen LogP contribution in [0.4, 0.5) is 0 Å². The van der Waals surface area contributed by atoms with E-state index in [-0.39, 0.29) is 0 Å². The normalized spacial score (nSPS) is 15.1. The summed E-state index contributed by atoms with van der Waals surface area (Å²) in [5, 5.41) is 1.28. The average molecular weight is 284 g/mol. The predicted molar refractivity (Wildman–Crippen MR) is 86.2 cm³/mol. The summed E-state index contributed by atoms with van der Waals surface area (Å²) in [5.74, 6) is 1.05. The Labute approximate surface area is 126 Å². The van der Waals surface area contributed by atoms with Crippen LogP contribution in [0.1, 0.15) is 37.7 Å². The zero-order valence-corrected chi connectivity index (χ0v) is 12.8. The molecule has 1 aromatic carbocycles. The van der Waals surface area contributed by atoms with Gasteiger partial charge in [0.2, 0.25) is 5.91 Å². The maximum Gasteiger partial charge on any atom is 0.222 e. The van der Waals surface area contributed by atoms with E-state index in [0.29, 0.717) is 12.3 Å². The molecule has 0 bridgehead atoms. The molecule has 0 unspecified atom stereocenters. The lowest BCUT2D eigenvalue weighted by molar-refractivity contribution is -0.130. The molecule has 0 saturated heterocycles. The first-order valence-electron chi connectivity index (χ1n) is 8.03. The van der Waals surface area contributed by atoms with E-state index in [1.165, 1.54) is 35.7 Å². The maximum atomic E-state index is 12.1. The van der Waals surface area contributed by atoms with Crippen molar-refractivity contribution in [1.29, 1.82) is 0 Å². The zero-order valence-electron chi connectivity index (χ0n) is 12.8. The Balaban J connectivity index is 1.47. The van der Waals surface area contributed by atoms with Gasteiger partial charge in [0.15, 0.2) is 0 Å². The molecule has 0 aliphatic heterocycles. The lowest BCUT2D eigenvalue weighted by Crippen LogP contribution is -2.34. The number of aryl methyl sites for hydroxylation is 1. The first-order chi connectivity index (χ1) is 10.2. The second-order valence-electron chi connectivity index (χ2n) is 6.28. The van der Waals surface area contributed by atoms with Gasteiger partial charge in [0.1, 0.15) is 0 Å². The van der Waals surface area contributed by atoms with Gasteiger partial charge in [-0.25, -0.2) is 0 Å². The van der Waals surface area contributed by atoms with Gasteiger partial charge in [-0.2, -0.15) is 0 Å². The largest absolute Gasteiger partial charge is 0.361 e. The van der Waals surface area contributed by atoms with E-state index in [9.17, 15) is 4.79 Å². The highest BCUT2D eigenvalue weighted by atomic mass is 16.2. The number of H-pyrrole nitrogens is 1. The fourth-order valence-corrected chi connectivity index (χ4v) is 3.12. The van der Waals surface area contributed by atoms with E-state index in [4.69, 9.17) is 0 Å². The Bertz CT molecular complexity index is 612. The summed E-state index contributed by atoms with van der Waals surface area (Å²) in [4.78, 5) is 17.4. The molecule has 3 heteroatoms. The Hall–Kier alpha value is -1.77. The van der Waals surface area contributed by atoms with Crippen molar-refractivity contribution in [2.75, 3.05) is 13.6 Å². The SMILES string of the molecule is CN(CC1CCC1)C(=O)CCCc1c[nH]c2ccccc12. The quantitative estimate of drug-likeness (QED) is 0.861. The van der Waals surface area contributed by atoms with Crippen molar-refractivity contribution in [2.45, 2.75) is 38.5 Å². The highest BCUT2D eigenvalue weighted by Crippen LogP contribution is 2.27. The molecule has 2 aromatic rings. The summed E-state index contributed by atoms with van der Waals surface area (Å²) in [6.07, 6.45) is 8.56. The Morgan fingerprint density at radius 1 is 1.33 bits per heavy atom. The van der Waals surface area contributed by atoms with Gasteiger partial charge in [-0.05, 0) is 43.2 Å². The van der Waals surface area contributed by atoms with Crippen LogP contribution in [-0.4, -0.2) is 29.4 Å². The second kappa shape index (κ2) is 6.33. The van der Waals surface area contributed by atoms with Gasteiger partial charge in [-0.1, -0.05) is 24.6 Å². The van der Waals surface area contributed by atoms with E-state index < -0.39 is 0 Å². The molecule has 21 heavy (non-hydrogen) atoms. The number of aromatic nitrogens is 1. The van der Waals surface area contributed by atoms with E-state index in [1.54, 1.807) is 0 Å². The number of amides is 1. The maximum absolute atomic E-state index is 12.1. The first kappa shape index (κ1) is 14.2. The number of nitrogens with zero attached hydrogens (tertiary/aromatic N) is 1. The molecule has 3 nitrogen and oxygen atoms in total. The van der Waals surface area contributed by atoms with E-state index in [2.05, 4.69) is 29.4 Å². The Morgan fingerprint density at radius 2 is 2.14 bits per heavy atom. The number of carbonyl (C=O) groups is 1. The number of hydrogen-bond donors (Lipinski definition) is 1. The number of fused-ring (bicyclic) bond motifs is 1. The number of aromatic amines is 1. The minimum absolute atomic E-state index is 0.293. The average Bonchev–Trinajstić information content (AvgIpc) is 2.86. The van der Waals surface area contributed by atoms with Crippen LogP contribution in [0.25, 0.3) is 10.9 Å². The summed E-state index contributed by atoms with van der Waals surface area (Å²) in [5.41, 5.74) is 2.50. The van der Waals surface area contributed by atoms with Crippen molar-refractivity contribution in [1.82, 2.24) is 9.88 Å². The summed E-state index contributed by atoms with van der Waals surface area (Å²) in [6.45, 7) is 0.950. The van der Waals surface area contributed by atoms with Crippen LogP contribution in [0, 0.1) is 5.92 Å². The lowest BCUT2D eigenvalue weighted by Gasteiger charge is -2.30. The van der Waals surface area contributed by atoms with Gasteiger partial charge in [-0.3, -0.25) is 4.79 Å². The van der Waals surface area contributed by atoms with Crippen molar-refractivity contribution in [3.63, 3.8) is 0 Å². The summed E-state index contributed by atoms with van der Waals surface area (Å²) in [6, 6.07) is 8.35. The van der Waals surface area contributed by atoms with Gasteiger partial charge in [0.05, 0.1) is 0 Å². The standard InChI is InChI=1S/C18H24N2O/c1-20(13-14-6-4-7-14)18(21)11-5-8-15-12-19-17-10-3-2-9-16(15)17/h2-3,9-10,12,14,19H,4-8,11,13H2,1H3. The summed E-state index contributed by atoms with van der Waals surface area (Å²) in [7, 11) is 1.95. The predicted octanol–water partition coefficient (Wildman–Crippen LogP) is 3.75. The van der Waals surface area contributed by atoms with Gasteiger partial charge < -0.3 is 9.88 Å². The van der Waals surface area contributed by atoms with Gasteiger partial charge in [0, 0.05) is 37.1 Å². The molecule has 1 N–H and O–H groups in total. The van der Waals surface area contributed by atoms with Crippen LogP contribution in [-0.2, 0) is 11.2 Å². The molecule has 1 saturated carbocycles. The third-order valence-electron chi connectivity index (χ3n) is 4.69. The number of nitrogens with one attached hydrogen (secondary N) is 1. The molecule has 1 fully saturated rings. The number of para-hydroxylation sites is 1. The zero-order chi connectivity index (χ0) is 14.7. The van der Waals surface area contributed by atoms with Crippen molar-refractivity contribution < 1.29 is 4.79 Å². The number of rotatable bonds is 6. The van der Waals surface area contributed by atoms with E-state index in [0.717, 1.165) is 25.3 Å². The number of hydrogen-bond acceptors (Lipinski definition) is 1. The van der Waals surface area contributed by atoms with Crippen LogP contribution in [0.2, 0.25) is 0 Å². The molecule has 1 amide bonds. The van der Waals surface area contributed by atoms with E-state index >= 15 is 0 Å². The molecule has 0 spiro atoms. The molecular weight excluding hydrogens is 260 g/mol. The van der Waals surface area contributed by atoms with Crippen LogP contribution in [0.3, 0.4) is 0 Å². The minimum Gasteiger partial charge on any atom is -0.361 e. The fraction of sp³-hybridized carbons (Fsp3) is 0.500. The molecule has 1 aromatic heterocycles. The monoisotopic (exact) mass is 284 g/mol. The first-order valence-corrected chi connectivity index (χ1v) is 8.03. The highest BCUT2D eigenvalue weighted by molar-refractivity contribution is 5.83. The van der Waals surface area contributed by atoms with Crippen molar-refractivity contribution in [3.05, 3.63) is 36.0 Å². The van der Waals surface area contributed by atoms with E-state index in [1.807, 2.05) is 18.0 Å². The summed E-state index contributed by atoms with van der Waals surface area (Å²) >= 11 is 0. The van der Waals surface area contributed by atoms with Crippen molar-refractivity contribution >= 4 is 16.8 Å². The molecule has 112 valence electrons. The molecule has 0 radical (unpaired) electrons. The van der Waals surface area contributed by atoms with Crippen LogP contribution in [0.15, 0.2) is 30.5 Å². The number of carbonyl (C=O) groups excluding carboxylic acids is 1. The summed E-state index contributed by atoms with van der Waals surface area (Å²) < 4.78 is 0. The van der Waals surface area contributed by atoms with Crippen molar-refractivity contribution in [3.8, 4) is 0 Å². The van der Waals surface area contributed by atoms with Crippen LogP contribution in [0.5, 0.6) is 0 Å². The lowest BCUT2D eigenvalue weighted by atomic mass is 9.85. The molecular formula is C18H24N2O. The molecule has 0 atom stereocenters. The number of benzene rings is 1. The molecule has 1 aliphatic carbocycles. The minimum atomic E-state index is 0.293. The van der Waals surface area contributed by atoms with Crippen LogP contribution < -0.4 is 0 Å². The van der Waals surface area contributed by atoms with Crippen molar-refractivity contribution in [2.24, 2.45) is 5.92 Å². The Kier molecular flexibility index (Phi) is 4.28. The van der Waals surface area contributed by atoms with Gasteiger partial charge >= 0.3 is 0 Å². The topological polar surface area (TPSA) is 36.1 Å². The van der Waals surface area contributed by atoms with Gasteiger partial charge in [-0.15, -0.1) is 0 Å².